The van der Waals surface area contributed by atoms with Gasteiger partial charge in [0.05, 0.1) is 47.3 Å². The quantitative estimate of drug-likeness (QED) is 0.0462. The molecule has 2 fully saturated rings. The largest absolute Gasteiger partial charge is 2.00 e. The van der Waals surface area contributed by atoms with Crippen molar-refractivity contribution in [2.75, 3.05) is 13.2 Å². The van der Waals surface area contributed by atoms with E-state index in [-0.39, 0.29) is 94.5 Å². The van der Waals surface area contributed by atoms with Gasteiger partial charge in [-0.15, -0.1) is 0 Å². The number of aryl methyl sites for hydroxylation is 2. The molecular weight excluding hydrogens is 1220 g/mol. The van der Waals surface area contributed by atoms with Crippen LogP contribution in [0, 0.1) is 66.6 Å². The van der Waals surface area contributed by atoms with Crippen molar-refractivity contribution < 1.29 is 79.0 Å². The minimum absolute atomic E-state index is 0. The summed E-state index contributed by atoms with van der Waals surface area (Å²) in [5.74, 6) is -5.99. The molecule has 1 aromatic carbocycles. The molecule has 25 nitrogen and oxygen atoms in total. The molecule has 8 rings (SSSR count). The van der Waals surface area contributed by atoms with E-state index in [0.717, 1.165) is 11.1 Å². The summed E-state index contributed by atoms with van der Waals surface area (Å²) < 4.78 is 31.9. The van der Waals surface area contributed by atoms with Crippen LogP contribution < -0.4 is 38.9 Å². The Kier molecular flexibility index (Phi) is 22.2. The van der Waals surface area contributed by atoms with E-state index < -0.39 is 132 Å². The summed E-state index contributed by atoms with van der Waals surface area (Å²) in [6, 6.07) is 2.73. The number of fused-ring (bicyclic) bond motifs is 7. The summed E-state index contributed by atoms with van der Waals surface area (Å²) in [6.07, 6.45) is -2.75. The molecule has 27 heteroatoms. The minimum Gasteiger partial charge on any atom is -0.756 e. The number of hydrogen-bond acceptors (Lipinski definition) is 17. The van der Waals surface area contributed by atoms with Crippen LogP contribution in [0.3, 0.4) is 0 Å². The van der Waals surface area contributed by atoms with Gasteiger partial charge in [0.2, 0.25) is 35.4 Å². The molecule has 6 aliphatic rings. The Bertz CT molecular complexity index is 3430. The second-order valence-corrected chi connectivity index (χ2v) is 28.1. The third kappa shape index (κ3) is 13.6. The van der Waals surface area contributed by atoms with Gasteiger partial charge in [-0.25, -0.2) is 4.98 Å². The number of ether oxygens (including phenoxy) is 1. The number of rotatable bonds is 25. The first kappa shape index (κ1) is 73.1. The Balaban J connectivity index is 0.00000645. The summed E-state index contributed by atoms with van der Waals surface area (Å²) in [6.45, 7) is 21.6. The van der Waals surface area contributed by atoms with E-state index >= 15 is 0 Å². The second kappa shape index (κ2) is 27.3. The zero-order valence-corrected chi connectivity index (χ0v) is 55.9. The topological polar surface area (TPSA) is 422 Å². The molecule has 13 N–H and O–H groups in total. The van der Waals surface area contributed by atoms with Gasteiger partial charge in [0.1, 0.15) is 18.3 Å². The van der Waals surface area contributed by atoms with Gasteiger partial charge in [0.15, 0.2) is 6.23 Å². The number of phosphoric ester groups is 1. The predicted octanol–water partition coefficient (Wildman–Crippen LogP) is 5.30. The maximum Gasteiger partial charge on any atom is 2.00 e. The number of allylic oxidation sites excluding steroid dienone is 6. The Morgan fingerprint density at radius 2 is 1.48 bits per heavy atom. The molecule has 6 aliphatic heterocycles. The van der Waals surface area contributed by atoms with Crippen LogP contribution >= 0.6 is 7.82 Å². The molecule has 15 atom stereocenters. The summed E-state index contributed by atoms with van der Waals surface area (Å²) in [5, 5.41) is 29.9. The van der Waals surface area contributed by atoms with E-state index in [1.807, 2.05) is 94.4 Å². The first-order valence-corrected chi connectivity index (χ1v) is 31.8. The number of phosphoric acid groups is 1. The van der Waals surface area contributed by atoms with Crippen LogP contribution in [0.1, 0.15) is 157 Å². The summed E-state index contributed by atoms with van der Waals surface area (Å²) >= 11 is 0. The number of hydrogen-bond donors (Lipinski definition) is 8. The van der Waals surface area contributed by atoms with Crippen molar-refractivity contribution in [2.24, 2.45) is 89.0 Å². The first-order chi connectivity index (χ1) is 41.0. The number of nitrogens with one attached hydrogen (secondary N) is 1. The number of amides is 6. The van der Waals surface area contributed by atoms with E-state index in [0.29, 0.717) is 69.2 Å². The third-order valence-electron chi connectivity index (χ3n) is 20.4. The normalized spacial score (nSPS) is 34.0. The van der Waals surface area contributed by atoms with Gasteiger partial charge in [-0.05, 0) is 113 Å². The smallest absolute Gasteiger partial charge is 0.756 e. The van der Waals surface area contributed by atoms with Gasteiger partial charge in [-0.2, -0.15) is 11.4 Å². The Labute approximate surface area is 537 Å². The van der Waals surface area contributed by atoms with E-state index in [1.54, 1.807) is 4.57 Å². The van der Waals surface area contributed by atoms with Crippen LogP contribution in [0.2, 0.25) is 0 Å². The van der Waals surface area contributed by atoms with Gasteiger partial charge in [-0.1, -0.05) is 54.0 Å². The van der Waals surface area contributed by atoms with Crippen molar-refractivity contribution in [1.29, 1.82) is 0 Å². The zero-order valence-electron chi connectivity index (χ0n) is 54.0. The Morgan fingerprint density at radius 3 is 2.07 bits per heavy atom. The number of benzene rings is 1. The van der Waals surface area contributed by atoms with Crippen LogP contribution in [0.4, 0.5) is 0 Å². The molecule has 4 unspecified atom stereocenters. The number of imidazole rings is 1. The van der Waals surface area contributed by atoms with Gasteiger partial charge in [-0.3, -0.25) is 48.3 Å². The molecule has 0 saturated carbocycles. The number of aliphatic hydroxyl groups is 2. The van der Waals surface area contributed by atoms with Crippen molar-refractivity contribution >= 4 is 71.4 Å². The molecular formula is C63H92CoN12O13P-. The Hall–Kier alpha value is -5.96. The van der Waals surface area contributed by atoms with Crippen LogP contribution in [-0.2, 0) is 63.9 Å². The van der Waals surface area contributed by atoms with Crippen LogP contribution in [0.25, 0.3) is 16.4 Å². The van der Waals surface area contributed by atoms with Crippen molar-refractivity contribution in [3.63, 3.8) is 0 Å². The molecule has 7 heterocycles. The SMILES string of the molecule is CCC[C@@H]1C2=NC(=C(/C)C3=N[C@@](C)([C@@H]4N=C(/C(C)=C5\[N-]/C(=C\2)C(C)(C)[C@@H]5CCC(N)=O)[C@](C)(CCC(=O)NC[C@@H](C)OP(=O)([O-])OC2C(O)C(n5cnc6cc(C)c(C)cc65)O[C@@H]2CO)[C@H]4CC(N)=O)[C@@](C)(CC(N)=O)[C@@H]3CCC(N)=O)/[C@@]1(C)CC(N)=O.[CH3-].[Co+2]. The van der Waals surface area contributed by atoms with Crippen LogP contribution in [0.5, 0.6) is 0 Å². The molecule has 2 saturated heterocycles. The summed E-state index contributed by atoms with van der Waals surface area (Å²) in [5.41, 5.74) is 32.3. The van der Waals surface area contributed by atoms with Gasteiger partial charge in [0.25, 0.3) is 7.82 Å². The van der Waals surface area contributed by atoms with Gasteiger partial charge in [0, 0.05) is 96.2 Å². The number of nitrogens with two attached hydrogens (primary N) is 5. The van der Waals surface area contributed by atoms with Gasteiger partial charge >= 0.3 is 16.8 Å². The molecule has 0 aliphatic carbocycles. The fourth-order valence-electron chi connectivity index (χ4n) is 15.3. The number of nitrogens with zero attached hydrogens (tertiary/aromatic N) is 6. The minimum atomic E-state index is -5.30. The average molecular weight is 1320 g/mol. The van der Waals surface area contributed by atoms with E-state index in [2.05, 4.69) is 10.3 Å². The fourth-order valence-corrected chi connectivity index (χ4v) is 16.4. The Morgan fingerprint density at radius 1 is 0.856 bits per heavy atom. The molecule has 6 amide bonds. The maximum absolute atomic E-state index is 14.3. The van der Waals surface area contributed by atoms with Crippen molar-refractivity contribution in [3.8, 4) is 0 Å². The number of aliphatic hydroxyl groups excluding tert-OH is 2. The monoisotopic (exact) mass is 1310 g/mol. The number of aromatic nitrogens is 2. The predicted molar refractivity (Wildman–Crippen MR) is 334 cm³/mol. The van der Waals surface area contributed by atoms with Gasteiger partial charge < -0.3 is 80.2 Å². The average Bonchev–Trinajstić information content (AvgIpc) is 1.53. The summed E-state index contributed by atoms with van der Waals surface area (Å²) in [4.78, 5) is 115. The maximum atomic E-state index is 14.3. The molecule has 2 aromatic rings. The van der Waals surface area contributed by atoms with Crippen LogP contribution in [0.15, 0.2) is 67.8 Å². The number of primary amides is 5. The molecule has 0 spiro atoms. The molecule has 1 aromatic heterocycles. The number of carbonyl (C=O) groups is 6. The molecule has 1 radical (unpaired) electrons. The summed E-state index contributed by atoms with van der Waals surface area (Å²) in [7, 11) is -5.30. The van der Waals surface area contributed by atoms with E-state index in [9.17, 15) is 48.4 Å². The first-order valence-electron chi connectivity index (χ1n) is 30.4. The standard InChI is InChI=1S/C62H91N12O13P.CH3.Co/c1-13-14-35-39-24-43-58(7,8)36(15-17-44(63)76)50(71-43)33(5)54-59(9,20-19-49(81)68-27-32(4)86-88(83,84)87-53-42(28-75)85-57(52(53)82)74-29-69-40-21-30(2)31(3)22-41(40)74)38(23-46(65)78)56(72-54)62(12)61(11,26-48(67)80)37(16-18-45(64)77)51(73-62)34(6)55(70-39)60(35,10)25-47(66)79;;/h21-22,24,29,32,35-38,42,52-53,56-57,75,82H,13-20,23,25-28H2,1-12H3,(H13,63,64,65,66,67,68,70,71,72,73,76,77,78,79,80,81,83,84);1H3;/q;-1;+2/p-2/t32-,35-,36-,37-,38+,42-,52?,53?,56-,57?,59-,60+,61+,62+;;/m1../s1. The number of carbonyl (C=O) groups excluding carboxylic acids is 6. The van der Waals surface area contributed by atoms with E-state index in [1.165, 1.54) is 13.3 Å². The third-order valence-corrected chi connectivity index (χ3v) is 21.5. The number of aliphatic imine (C=N–C) groups is 3. The van der Waals surface area contributed by atoms with Crippen LogP contribution in [-0.4, -0.2) is 121 Å². The molecule has 8 bridgehead atoms. The van der Waals surface area contributed by atoms with Crippen molar-refractivity contribution in [1.82, 2.24) is 14.9 Å². The fraction of sp³-hybridized carbons (Fsp3) is 0.635. The van der Waals surface area contributed by atoms with Crippen molar-refractivity contribution in [3.05, 3.63) is 76.6 Å². The van der Waals surface area contributed by atoms with Crippen molar-refractivity contribution in [2.45, 2.75) is 196 Å². The molecule has 90 heavy (non-hydrogen) atoms. The molecule has 497 valence electrons. The van der Waals surface area contributed by atoms with E-state index in [4.69, 9.17) is 62.7 Å². The zero-order chi connectivity index (χ0) is 65.1. The second-order valence-electron chi connectivity index (χ2n) is 26.8.